The summed E-state index contributed by atoms with van der Waals surface area (Å²) < 4.78 is 10.9. The number of aliphatic imine (C=N–C) groups is 1. The van der Waals surface area contributed by atoms with Crippen molar-refractivity contribution in [1.29, 1.82) is 0 Å². The summed E-state index contributed by atoms with van der Waals surface area (Å²) in [6.07, 6.45) is 11.7. The van der Waals surface area contributed by atoms with Crippen molar-refractivity contribution in [3.63, 3.8) is 0 Å². The van der Waals surface area contributed by atoms with E-state index in [-0.39, 0.29) is 6.61 Å². The van der Waals surface area contributed by atoms with Gasteiger partial charge in [-0.05, 0) is 31.2 Å². The zero-order valence-electron chi connectivity index (χ0n) is 15.9. The van der Waals surface area contributed by atoms with Gasteiger partial charge in [-0.3, -0.25) is 14.8 Å². The first kappa shape index (κ1) is 19.5. The van der Waals surface area contributed by atoms with E-state index in [9.17, 15) is 4.79 Å². The summed E-state index contributed by atoms with van der Waals surface area (Å²) in [4.78, 5) is 24.8. The van der Waals surface area contributed by atoms with Gasteiger partial charge in [0.15, 0.2) is 6.29 Å². The summed E-state index contributed by atoms with van der Waals surface area (Å²) in [5.41, 5.74) is 8.34. The quantitative estimate of drug-likeness (QED) is 0.558. The van der Waals surface area contributed by atoms with Gasteiger partial charge in [0.05, 0.1) is 36.3 Å². The molecular formula is C21H24N4O3. The number of nitrogens with two attached hydrogens (primary N) is 1. The average Bonchev–Trinajstić information content (AvgIpc) is 3.25. The Morgan fingerprint density at radius 2 is 2.18 bits per heavy atom. The van der Waals surface area contributed by atoms with Crippen molar-refractivity contribution >= 4 is 12.0 Å². The van der Waals surface area contributed by atoms with Crippen LogP contribution in [0.4, 0.5) is 0 Å². The lowest BCUT2D eigenvalue weighted by Gasteiger charge is -2.13. The van der Waals surface area contributed by atoms with E-state index < -0.39 is 0 Å². The molecule has 3 rings (SSSR count). The van der Waals surface area contributed by atoms with Crippen LogP contribution in [0.25, 0.3) is 0 Å². The number of carbonyl (C=O) groups is 1. The van der Waals surface area contributed by atoms with E-state index in [1.807, 2.05) is 12.1 Å². The number of hydrogen-bond donors (Lipinski definition) is 1. The molecule has 1 fully saturated rings. The molecule has 0 aromatic carbocycles. The average molecular weight is 380 g/mol. The van der Waals surface area contributed by atoms with E-state index in [2.05, 4.69) is 9.97 Å². The van der Waals surface area contributed by atoms with Crippen LogP contribution in [-0.4, -0.2) is 35.1 Å². The summed E-state index contributed by atoms with van der Waals surface area (Å²) in [5, 5.41) is 0. The number of hydrogen-bond acceptors (Lipinski definition) is 7. The number of nitrogens with zero attached hydrogens (tertiary/aromatic N) is 3. The molecule has 0 amide bonds. The molecular weight excluding hydrogens is 356 g/mol. The fourth-order valence-corrected chi connectivity index (χ4v) is 3.21. The molecule has 146 valence electrons. The zero-order chi connectivity index (χ0) is 19.8. The molecule has 0 unspecified atom stereocenters. The number of pyridine rings is 2. The van der Waals surface area contributed by atoms with Gasteiger partial charge >= 0.3 is 0 Å². The number of aromatic nitrogens is 2. The molecule has 2 aromatic rings. The van der Waals surface area contributed by atoms with Crippen LogP contribution < -0.4 is 15.2 Å². The van der Waals surface area contributed by atoms with Crippen LogP contribution >= 0.6 is 0 Å². The van der Waals surface area contributed by atoms with Crippen LogP contribution in [-0.2, 0) is 6.61 Å². The topological polar surface area (TPSA) is 99.7 Å². The van der Waals surface area contributed by atoms with Crippen molar-refractivity contribution in [2.75, 3.05) is 7.11 Å². The second kappa shape index (κ2) is 9.64. The second-order valence-corrected chi connectivity index (χ2v) is 6.49. The van der Waals surface area contributed by atoms with Crippen molar-refractivity contribution < 1.29 is 14.3 Å². The summed E-state index contributed by atoms with van der Waals surface area (Å²) >= 11 is 0. The third-order valence-corrected chi connectivity index (χ3v) is 4.63. The summed E-state index contributed by atoms with van der Waals surface area (Å²) in [5.74, 6) is 0.741. The van der Waals surface area contributed by atoms with Crippen molar-refractivity contribution in [2.24, 2.45) is 10.7 Å². The van der Waals surface area contributed by atoms with Crippen molar-refractivity contribution in [3.05, 3.63) is 59.7 Å². The van der Waals surface area contributed by atoms with Gasteiger partial charge in [-0.2, -0.15) is 0 Å². The van der Waals surface area contributed by atoms with E-state index in [0.29, 0.717) is 29.5 Å². The molecule has 7 heteroatoms. The molecule has 1 aliphatic rings. The molecule has 7 nitrogen and oxygen atoms in total. The molecule has 0 bridgehead atoms. The van der Waals surface area contributed by atoms with Gasteiger partial charge in [0.1, 0.15) is 12.4 Å². The van der Waals surface area contributed by atoms with Crippen molar-refractivity contribution in [3.8, 4) is 11.6 Å². The minimum absolute atomic E-state index is 0.222. The van der Waals surface area contributed by atoms with E-state index >= 15 is 0 Å². The van der Waals surface area contributed by atoms with Gasteiger partial charge in [0.25, 0.3) is 0 Å². The van der Waals surface area contributed by atoms with Crippen LogP contribution in [0.5, 0.6) is 11.6 Å². The number of rotatable bonds is 8. The third kappa shape index (κ3) is 4.73. The number of aldehydes is 1. The fourth-order valence-electron chi connectivity index (χ4n) is 3.21. The predicted octanol–water partition coefficient (Wildman–Crippen LogP) is 3.08. The molecule has 28 heavy (non-hydrogen) atoms. The lowest BCUT2D eigenvalue weighted by atomic mass is 10.1. The molecule has 0 spiro atoms. The highest BCUT2D eigenvalue weighted by Gasteiger charge is 2.17. The molecule has 1 aliphatic carbocycles. The standard InChI is InChI=1S/C21H24N4O3/c1-27-20-11-16(13-26)19(12-24-20)28-14-15-5-4-10-23-21(15)18(8-9-22)25-17-6-2-3-7-17/h4-5,8-13,17H,2-3,6-7,14,22H2,1H3. The predicted molar refractivity (Wildman–Crippen MR) is 107 cm³/mol. The Morgan fingerprint density at radius 3 is 2.89 bits per heavy atom. The third-order valence-electron chi connectivity index (χ3n) is 4.63. The first-order valence-corrected chi connectivity index (χ1v) is 9.27. The Kier molecular flexibility index (Phi) is 6.73. The van der Waals surface area contributed by atoms with Gasteiger partial charge in [-0.15, -0.1) is 0 Å². The van der Waals surface area contributed by atoms with Gasteiger partial charge in [-0.1, -0.05) is 18.9 Å². The van der Waals surface area contributed by atoms with E-state index in [1.165, 1.54) is 38.4 Å². The molecule has 0 radical (unpaired) electrons. The Bertz CT molecular complexity index is 874. The summed E-state index contributed by atoms with van der Waals surface area (Å²) in [7, 11) is 1.50. The van der Waals surface area contributed by atoms with Crippen LogP contribution in [0.1, 0.15) is 47.3 Å². The number of methoxy groups -OCH3 is 1. The Balaban J connectivity index is 1.85. The minimum Gasteiger partial charge on any atom is -0.486 e. The van der Waals surface area contributed by atoms with Crippen LogP contribution in [0.2, 0.25) is 0 Å². The maximum Gasteiger partial charge on any atom is 0.213 e. The second-order valence-electron chi connectivity index (χ2n) is 6.49. The minimum atomic E-state index is 0.222. The normalized spacial score (nSPS) is 15.1. The smallest absolute Gasteiger partial charge is 0.213 e. The monoisotopic (exact) mass is 380 g/mol. The molecule has 0 aliphatic heterocycles. The lowest BCUT2D eigenvalue weighted by Crippen LogP contribution is -2.12. The first-order valence-electron chi connectivity index (χ1n) is 9.27. The van der Waals surface area contributed by atoms with Crippen LogP contribution in [0.15, 0.2) is 47.9 Å². The van der Waals surface area contributed by atoms with Crippen LogP contribution in [0.3, 0.4) is 0 Å². The largest absolute Gasteiger partial charge is 0.486 e. The zero-order valence-corrected chi connectivity index (χ0v) is 15.9. The van der Waals surface area contributed by atoms with E-state index in [1.54, 1.807) is 12.3 Å². The van der Waals surface area contributed by atoms with Gasteiger partial charge in [-0.25, -0.2) is 4.98 Å². The number of carbonyl (C=O) groups excluding carboxylic acids is 1. The first-order chi connectivity index (χ1) is 13.7. The van der Waals surface area contributed by atoms with Gasteiger partial charge in [0, 0.05) is 17.8 Å². The van der Waals surface area contributed by atoms with E-state index in [0.717, 1.165) is 29.8 Å². The highest BCUT2D eigenvalue weighted by molar-refractivity contribution is 6.08. The maximum atomic E-state index is 11.3. The van der Waals surface area contributed by atoms with Crippen LogP contribution in [0, 0.1) is 0 Å². The number of ether oxygens (including phenoxy) is 2. The number of allylic oxidation sites excluding steroid dienone is 1. The maximum absolute atomic E-state index is 11.3. The molecule has 1 saturated carbocycles. The molecule has 0 atom stereocenters. The highest BCUT2D eigenvalue weighted by Crippen LogP contribution is 2.24. The Hall–Kier alpha value is -3.22. The van der Waals surface area contributed by atoms with Gasteiger partial charge < -0.3 is 15.2 Å². The highest BCUT2D eigenvalue weighted by atomic mass is 16.5. The molecule has 2 aromatic heterocycles. The summed E-state index contributed by atoms with van der Waals surface area (Å²) in [6, 6.07) is 5.61. The van der Waals surface area contributed by atoms with E-state index in [4.69, 9.17) is 20.2 Å². The molecule has 2 heterocycles. The van der Waals surface area contributed by atoms with Gasteiger partial charge in [0.2, 0.25) is 5.88 Å². The molecule has 0 saturated heterocycles. The molecule has 2 N–H and O–H groups in total. The van der Waals surface area contributed by atoms with Crippen molar-refractivity contribution in [2.45, 2.75) is 38.3 Å². The Morgan fingerprint density at radius 1 is 1.36 bits per heavy atom. The summed E-state index contributed by atoms with van der Waals surface area (Å²) in [6.45, 7) is 0.222. The van der Waals surface area contributed by atoms with Crippen molar-refractivity contribution in [1.82, 2.24) is 9.97 Å². The Labute approximate surface area is 164 Å². The fraction of sp³-hybridized carbons (Fsp3) is 0.333. The SMILES string of the molecule is COc1cc(C=O)c(OCc2cccnc2C(C=CN)=NC2CCCC2)cn1. The lowest BCUT2D eigenvalue weighted by molar-refractivity contribution is 0.111.